The van der Waals surface area contributed by atoms with Crippen LogP contribution in [0.2, 0.25) is 0 Å². The third kappa shape index (κ3) is 8.60. The minimum atomic E-state index is -4.82. The van der Waals surface area contributed by atoms with Gasteiger partial charge in [-0.2, -0.15) is 0 Å². The van der Waals surface area contributed by atoms with E-state index >= 15 is 0 Å². The molecule has 208 valence electrons. The molecule has 0 radical (unpaired) electrons. The molecule has 0 aliphatic carbocycles. The molecule has 0 atom stereocenters. The van der Waals surface area contributed by atoms with Crippen LogP contribution in [-0.4, -0.2) is 64.9 Å². The molecule has 10 nitrogen and oxygen atoms in total. The first-order valence-corrected chi connectivity index (χ1v) is 13.2. The number of piperidine rings is 1. The Morgan fingerprint density at radius 2 is 1.58 bits per heavy atom. The number of carbonyl (C=O) groups excluding carboxylic acids is 2. The summed E-state index contributed by atoms with van der Waals surface area (Å²) in [5.41, 5.74) is -0.310. The highest BCUT2D eigenvalue weighted by atomic mass is 32.2. The first kappa shape index (κ1) is 29.2. The van der Waals surface area contributed by atoms with Crippen molar-refractivity contribution in [2.75, 3.05) is 32.8 Å². The summed E-state index contributed by atoms with van der Waals surface area (Å²) in [5.74, 6) is -1.35. The van der Waals surface area contributed by atoms with Crippen molar-refractivity contribution in [1.29, 1.82) is 0 Å². The van der Waals surface area contributed by atoms with Gasteiger partial charge >= 0.3 is 6.36 Å². The number of benzene rings is 2. The molecule has 3 rings (SSSR count). The summed E-state index contributed by atoms with van der Waals surface area (Å²) < 4.78 is 73.2. The van der Waals surface area contributed by atoms with Crippen molar-refractivity contribution in [3.05, 3.63) is 54.1 Å². The van der Waals surface area contributed by atoms with Gasteiger partial charge in [-0.05, 0) is 69.3 Å². The van der Waals surface area contributed by atoms with E-state index in [1.165, 1.54) is 24.3 Å². The number of alkyl halides is 3. The van der Waals surface area contributed by atoms with Crippen molar-refractivity contribution < 1.29 is 40.7 Å². The summed E-state index contributed by atoms with van der Waals surface area (Å²) in [6, 6.07) is 10.9. The fraction of sp³-hybridized carbons (Fsp3) is 0.417. The average Bonchev–Trinajstić information content (AvgIpc) is 2.86. The summed E-state index contributed by atoms with van der Waals surface area (Å²) in [6.45, 7) is 2.25. The molecule has 1 saturated heterocycles. The number of nitrogens with one attached hydrogen (secondary N) is 4. The summed E-state index contributed by atoms with van der Waals surface area (Å²) in [6.07, 6.45) is -4.23. The van der Waals surface area contributed by atoms with Gasteiger partial charge in [-0.25, -0.2) is 13.1 Å². The Balaban J connectivity index is 1.51. The maximum absolute atomic E-state index is 13.0. The van der Waals surface area contributed by atoms with Crippen LogP contribution in [0.3, 0.4) is 0 Å². The lowest BCUT2D eigenvalue weighted by Crippen LogP contribution is -2.63. The van der Waals surface area contributed by atoms with E-state index in [0.29, 0.717) is 25.9 Å². The number of sulfonamides is 1. The average molecular weight is 559 g/mol. The Bertz CT molecular complexity index is 1200. The molecule has 0 saturated carbocycles. The van der Waals surface area contributed by atoms with Gasteiger partial charge in [-0.1, -0.05) is 17.7 Å². The smallest absolute Gasteiger partial charge is 0.484 e. The standard InChI is InChI=1S/C24H29F3N4O6S/c1-17-2-8-20(9-3-17)38(34,35)30-15-14-29-22(33)23(10-12-28-13-11-23)31-21(32)16-36-18-4-6-19(7-5-18)37-24(25,26)27/h2-9,28,30H,10-16H2,1H3,(H,29,33)(H,31,32). The Labute approximate surface area is 218 Å². The molecule has 1 fully saturated rings. The molecular formula is C24H29F3N4O6S. The van der Waals surface area contributed by atoms with Crippen molar-refractivity contribution in [1.82, 2.24) is 20.7 Å². The van der Waals surface area contributed by atoms with E-state index in [1.807, 2.05) is 6.92 Å². The molecule has 2 aromatic rings. The van der Waals surface area contributed by atoms with Crippen LogP contribution >= 0.6 is 0 Å². The Hall–Kier alpha value is -3.36. The van der Waals surface area contributed by atoms with E-state index in [0.717, 1.165) is 17.7 Å². The number of hydrogen-bond donors (Lipinski definition) is 4. The predicted molar refractivity (Wildman–Crippen MR) is 131 cm³/mol. The van der Waals surface area contributed by atoms with Crippen LogP contribution in [0.1, 0.15) is 18.4 Å². The number of halogens is 3. The van der Waals surface area contributed by atoms with E-state index in [4.69, 9.17) is 4.74 Å². The lowest BCUT2D eigenvalue weighted by Gasteiger charge is -2.37. The van der Waals surface area contributed by atoms with Gasteiger partial charge in [0.05, 0.1) is 4.90 Å². The number of ether oxygens (including phenoxy) is 2. The molecule has 38 heavy (non-hydrogen) atoms. The van der Waals surface area contributed by atoms with Gasteiger partial charge in [0.1, 0.15) is 17.0 Å². The monoisotopic (exact) mass is 558 g/mol. The van der Waals surface area contributed by atoms with E-state index in [9.17, 15) is 31.2 Å². The van der Waals surface area contributed by atoms with Gasteiger partial charge in [-0.15, -0.1) is 13.2 Å². The largest absolute Gasteiger partial charge is 0.573 e. The number of carbonyl (C=O) groups is 2. The summed E-state index contributed by atoms with van der Waals surface area (Å²) in [5, 5.41) is 8.49. The number of hydrogen-bond acceptors (Lipinski definition) is 7. The normalized spacial score (nSPS) is 15.4. The third-order valence-electron chi connectivity index (χ3n) is 5.73. The Morgan fingerprint density at radius 3 is 2.18 bits per heavy atom. The van der Waals surface area contributed by atoms with E-state index in [2.05, 4.69) is 25.4 Å². The highest BCUT2D eigenvalue weighted by Gasteiger charge is 2.40. The zero-order valence-corrected chi connectivity index (χ0v) is 21.4. The van der Waals surface area contributed by atoms with Crippen molar-refractivity contribution in [3.8, 4) is 11.5 Å². The van der Waals surface area contributed by atoms with Crippen molar-refractivity contribution in [2.24, 2.45) is 0 Å². The fourth-order valence-corrected chi connectivity index (χ4v) is 4.81. The van der Waals surface area contributed by atoms with Crippen LogP contribution in [0.5, 0.6) is 11.5 Å². The molecule has 4 N–H and O–H groups in total. The lowest BCUT2D eigenvalue weighted by molar-refractivity contribution is -0.274. The van der Waals surface area contributed by atoms with E-state index in [-0.39, 0.29) is 23.7 Å². The maximum Gasteiger partial charge on any atom is 0.573 e. The molecule has 0 spiro atoms. The molecule has 1 heterocycles. The van der Waals surface area contributed by atoms with Gasteiger partial charge < -0.3 is 25.4 Å². The van der Waals surface area contributed by atoms with Crippen LogP contribution in [0, 0.1) is 6.92 Å². The number of aryl methyl sites for hydroxylation is 1. The summed E-state index contributed by atoms with van der Waals surface area (Å²) in [4.78, 5) is 25.7. The van der Waals surface area contributed by atoms with Crippen LogP contribution in [0.25, 0.3) is 0 Å². The van der Waals surface area contributed by atoms with Gasteiger partial charge in [0.25, 0.3) is 5.91 Å². The lowest BCUT2D eigenvalue weighted by atomic mass is 9.87. The second-order valence-corrected chi connectivity index (χ2v) is 10.4. The van der Waals surface area contributed by atoms with Gasteiger partial charge in [-0.3, -0.25) is 9.59 Å². The molecule has 2 amide bonds. The SMILES string of the molecule is Cc1ccc(S(=O)(=O)NCCNC(=O)C2(NC(=O)COc3ccc(OC(F)(F)F)cc3)CCNCC2)cc1. The Kier molecular flexibility index (Phi) is 9.57. The van der Waals surface area contributed by atoms with E-state index in [1.54, 1.807) is 12.1 Å². The quantitative estimate of drug-likeness (QED) is 0.308. The number of rotatable bonds is 11. The summed E-state index contributed by atoms with van der Waals surface area (Å²) in [7, 11) is -3.74. The molecule has 1 aliphatic heterocycles. The van der Waals surface area contributed by atoms with Crippen LogP contribution in [0.4, 0.5) is 13.2 Å². The van der Waals surface area contributed by atoms with E-state index < -0.39 is 46.1 Å². The van der Waals surface area contributed by atoms with Crippen LogP contribution in [0.15, 0.2) is 53.4 Å². The van der Waals surface area contributed by atoms with Gasteiger partial charge in [0.15, 0.2) is 6.61 Å². The molecule has 0 unspecified atom stereocenters. The summed E-state index contributed by atoms with van der Waals surface area (Å²) >= 11 is 0. The molecule has 0 aromatic heterocycles. The molecule has 0 bridgehead atoms. The van der Waals surface area contributed by atoms with Crippen LogP contribution in [-0.2, 0) is 19.6 Å². The van der Waals surface area contributed by atoms with Crippen molar-refractivity contribution in [2.45, 2.75) is 36.6 Å². The molecule has 1 aliphatic rings. The molecular weight excluding hydrogens is 529 g/mol. The van der Waals surface area contributed by atoms with Gasteiger partial charge in [0.2, 0.25) is 15.9 Å². The zero-order valence-electron chi connectivity index (χ0n) is 20.6. The van der Waals surface area contributed by atoms with Crippen LogP contribution < -0.4 is 30.1 Å². The highest BCUT2D eigenvalue weighted by Crippen LogP contribution is 2.25. The number of amides is 2. The second-order valence-electron chi connectivity index (χ2n) is 8.65. The minimum Gasteiger partial charge on any atom is -0.484 e. The fourth-order valence-electron chi connectivity index (χ4n) is 3.78. The highest BCUT2D eigenvalue weighted by molar-refractivity contribution is 7.89. The molecule has 2 aromatic carbocycles. The van der Waals surface area contributed by atoms with Gasteiger partial charge in [0, 0.05) is 13.1 Å². The van der Waals surface area contributed by atoms with Crippen molar-refractivity contribution in [3.63, 3.8) is 0 Å². The topological polar surface area (TPSA) is 135 Å². The zero-order chi connectivity index (χ0) is 27.8. The maximum atomic E-state index is 13.0. The Morgan fingerprint density at radius 1 is 0.974 bits per heavy atom. The predicted octanol–water partition coefficient (Wildman–Crippen LogP) is 1.61. The first-order valence-electron chi connectivity index (χ1n) is 11.7. The minimum absolute atomic E-state index is 0.00216. The molecule has 14 heteroatoms. The second kappa shape index (κ2) is 12.5. The van der Waals surface area contributed by atoms with Crippen molar-refractivity contribution >= 4 is 21.8 Å². The third-order valence-corrected chi connectivity index (χ3v) is 7.21. The first-order chi connectivity index (χ1) is 17.9.